The molecule has 4 heteroatoms. The maximum absolute atomic E-state index is 12.1. The van der Waals surface area contributed by atoms with E-state index in [4.69, 9.17) is 4.74 Å². The van der Waals surface area contributed by atoms with Crippen LogP contribution >= 0.6 is 0 Å². The first kappa shape index (κ1) is 9.90. The lowest BCUT2D eigenvalue weighted by molar-refractivity contribution is 0.0760. The van der Waals surface area contributed by atoms with Crippen LogP contribution < -0.4 is 0 Å². The number of nitrogens with zero attached hydrogens (tertiary/aromatic N) is 1. The fraction of sp³-hybridized carbons (Fsp3) is 0.583. The molecule has 1 N–H and O–H groups in total. The number of carbonyl (C=O) groups excluding carboxylic acids is 1. The molecule has 2 aliphatic heterocycles. The Morgan fingerprint density at radius 2 is 2.44 bits per heavy atom. The quantitative estimate of drug-likeness (QED) is 0.774. The molecule has 3 heterocycles. The molecule has 0 aromatic carbocycles. The number of amides is 1. The van der Waals surface area contributed by atoms with Crippen molar-refractivity contribution in [1.29, 1.82) is 0 Å². The lowest BCUT2D eigenvalue weighted by atomic mass is 9.87. The van der Waals surface area contributed by atoms with E-state index in [0.29, 0.717) is 5.69 Å². The highest BCUT2D eigenvalue weighted by molar-refractivity contribution is 5.92. The number of nitrogens with one attached hydrogen (secondary N) is 1. The Bertz CT molecular complexity index is 380. The highest BCUT2D eigenvalue weighted by atomic mass is 16.5. The first-order valence-corrected chi connectivity index (χ1v) is 5.80. The molecule has 86 valence electrons. The van der Waals surface area contributed by atoms with Crippen molar-refractivity contribution in [1.82, 2.24) is 9.88 Å². The summed E-state index contributed by atoms with van der Waals surface area (Å²) < 4.78 is 5.46. The third-order valence-electron chi connectivity index (χ3n) is 3.74. The lowest BCUT2D eigenvalue weighted by Gasteiger charge is -2.21. The fourth-order valence-corrected chi connectivity index (χ4v) is 2.71. The van der Waals surface area contributed by atoms with Crippen LogP contribution in [0.4, 0.5) is 0 Å². The second-order valence-corrected chi connectivity index (χ2v) is 4.86. The van der Waals surface area contributed by atoms with Crippen LogP contribution in [0.25, 0.3) is 0 Å². The van der Waals surface area contributed by atoms with Gasteiger partial charge in [-0.25, -0.2) is 0 Å². The van der Waals surface area contributed by atoms with Crippen LogP contribution in [0.3, 0.4) is 0 Å². The van der Waals surface area contributed by atoms with Crippen molar-refractivity contribution in [3.63, 3.8) is 0 Å². The van der Waals surface area contributed by atoms with E-state index in [2.05, 4.69) is 4.98 Å². The van der Waals surface area contributed by atoms with E-state index in [1.807, 2.05) is 17.0 Å². The molecule has 0 bridgehead atoms. The van der Waals surface area contributed by atoms with Gasteiger partial charge in [-0.1, -0.05) is 0 Å². The Hall–Kier alpha value is -1.29. The third-order valence-corrected chi connectivity index (χ3v) is 3.74. The van der Waals surface area contributed by atoms with Crippen molar-refractivity contribution < 1.29 is 9.53 Å². The molecular weight excluding hydrogens is 204 g/mol. The number of likely N-dealkylation sites (tertiary alicyclic amines) is 1. The van der Waals surface area contributed by atoms with E-state index in [0.717, 1.165) is 39.1 Å². The Morgan fingerprint density at radius 1 is 1.50 bits per heavy atom. The molecule has 2 saturated heterocycles. The van der Waals surface area contributed by atoms with Crippen molar-refractivity contribution >= 4 is 5.91 Å². The smallest absolute Gasteiger partial charge is 0.270 e. The molecule has 0 saturated carbocycles. The van der Waals surface area contributed by atoms with Gasteiger partial charge in [0, 0.05) is 31.3 Å². The number of rotatable bonds is 1. The summed E-state index contributed by atoms with van der Waals surface area (Å²) in [5.41, 5.74) is 0.943. The SMILES string of the molecule is O=C(c1ccc[nH]1)N1CC[C@@]2(CCOC2)C1. The number of hydrogen-bond acceptors (Lipinski definition) is 2. The van der Waals surface area contributed by atoms with Gasteiger partial charge in [0.05, 0.1) is 6.61 Å². The molecule has 0 aliphatic carbocycles. The maximum atomic E-state index is 12.1. The minimum atomic E-state index is 0.119. The number of ether oxygens (including phenoxy) is 1. The summed E-state index contributed by atoms with van der Waals surface area (Å²) in [5.74, 6) is 0.119. The zero-order chi connectivity index (χ0) is 11.0. The normalized spacial score (nSPS) is 29.1. The van der Waals surface area contributed by atoms with E-state index in [9.17, 15) is 4.79 Å². The van der Waals surface area contributed by atoms with E-state index >= 15 is 0 Å². The lowest BCUT2D eigenvalue weighted by Crippen LogP contribution is -2.32. The van der Waals surface area contributed by atoms with Crippen molar-refractivity contribution in [2.24, 2.45) is 5.41 Å². The van der Waals surface area contributed by atoms with Gasteiger partial charge in [0.2, 0.25) is 0 Å². The summed E-state index contributed by atoms with van der Waals surface area (Å²) in [7, 11) is 0. The summed E-state index contributed by atoms with van der Waals surface area (Å²) in [6.45, 7) is 3.39. The second-order valence-electron chi connectivity index (χ2n) is 4.86. The minimum absolute atomic E-state index is 0.119. The van der Waals surface area contributed by atoms with Crippen LogP contribution in [0.15, 0.2) is 18.3 Å². The van der Waals surface area contributed by atoms with Gasteiger partial charge in [0.25, 0.3) is 5.91 Å². The zero-order valence-corrected chi connectivity index (χ0v) is 9.24. The fourth-order valence-electron chi connectivity index (χ4n) is 2.71. The number of aromatic nitrogens is 1. The second kappa shape index (κ2) is 3.63. The highest BCUT2D eigenvalue weighted by Gasteiger charge is 2.42. The molecule has 4 nitrogen and oxygen atoms in total. The predicted molar refractivity (Wildman–Crippen MR) is 59.2 cm³/mol. The monoisotopic (exact) mass is 220 g/mol. The number of carbonyl (C=O) groups is 1. The van der Waals surface area contributed by atoms with Crippen LogP contribution in [0.1, 0.15) is 23.3 Å². The minimum Gasteiger partial charge on any atom is -0.381 e. The van der Waals surface area contributed by atoms with Crippen molar-refractivity contribution in [3.8, 4) is 0 Å². The third kappa shape index (κ3) is 1.53. The van der Waals surface area contributed by atoms with Crippen LogP contribution in [0.5, 0.6) is 0 Å². The van der Waals surface area contributed by atoms with E-state index in [1.54, 1.807) is 6.20 Å². The molecule has 0 unspecified atom stereocenters. The Morgan fingerprint density at radius 3 is 3.12 bits per heavy atom. The van der Waals surface area contributed by atoms with Gasteiger partial charge in [0.1, 0.15) is 5.69 Å². The van der Waals surface area contributed by atoms with Crippen LogP contribution in [-0.4, -0.2) is 42.1 Å². The highest BCUT2D eigenvalue weighted by Crippen LogP contribution is 2.38. The van der Waals surface area contributed by atoms with E-state index in [1.165, 1.54) is 0 Å². The summed E-state index contributed by atoms with van der Waals surface area (Å²) in [4.78, 5) is 17.0. The van der Waals surface area contributed by atoms with Gasteiger partial charge in [-0.2, -0.15) is 0 Å². The predicted octanol–water partition coefficient (Wildman–Crippen LogP) is 1.27. The molecule has 3 rings (SSSR count). The number of aromatic amines is 1. The molecule has 1 atom stereocenters. The first-order valence-electron chi connectivity index (χ1n) is 5.80. The van der Waals surface area contributed by atoms with Crippen molar-refractivity contribution in [2.45, 2.75) is 12.8 Å². The van der Waals surface area contributed by atoms with E-state index in [-0.39, 0.29) is 11.3 Å². The topological polar surface area (TPSA) is 45.3 Å². The average molecular weight is 220 g/mol. The summed E-state index contributed by atoms with van der Waals surface area (Å²) in [6.07, 6.45) is 3.97. The molecular formula is C12H16N2O2. The molecule has 0 radical (unpaired) electrons. The van der Waals surface area contributed by atoms with Gasteiger partial charge in [-0.3, -0.25) is 4.79 Å². The standard InChI is InChI=1S/C12H16N2O2/c15-11(10-2-1-5-13-10)14-6-3-12(8-14)4-7-16-9-12/h1-2,5,13H,3-4,6-9H2/t12-/m1/s1. The van der Waals surface area contributed by atoms with E-state index < -0.39 is 0 Å². The van der Waals surface area contributed by atoms with Gasteiger partial charge in [-0.05, 0) is 25.0 Å². The molecule has 2 fully saturated rings. The summed E-state index contributed by atoms with van der Waals surface area (Å²) in [6, 6.07) is 3.69. The largest absolute Gasteiger partial charge is 0.381 e. The average Bonchev–Trinajstić information content (AvgIpc) is 3.01. The van der Waals surface area contributed by atoms with Gasteiger partial charge >= 0.3 is 0 Å². The summed E-state index contributed by atoms with van der Waals surface area (Å²) >= 11 is 0. The Kier molecular flexibility index (Phi) is 2.24. The molecule has 2 aliphatic rings. The Labute approximate surface area is 94.6 Å². The van der Waals surface area contributed by atoms with Gasteiger partial charge < -0.3 is 14.6 Å². The maximum Gasteiger partial charge on any atom is 0.270 e. The molecule has 1 aromatic heterocycles. The number of hydrogen-bond donors (Lipinski definition) is 1. The first-order chi connectivity index (χ1) is 7.79. The van der Waals surface area contributed by atoms with Gasteiger partial charge in [0.15, 0.2) is 0 Å². The Balaban J connectivity index is 1.72. The van der Waals surface area contributed by atoms with Crippen LogP contribution in [0.2, 0.25) is 0 Å². The molecule has 16 heavy (non-hydrogen) atoms. The van der Waals surface area contributed by atoms with Crippen LogP contribution in [0, 0.1) is 5.41 Å². The van der Waals surface area contributed by atoms with Crippen molar-refractivity contribution in [3.05, 3.63) is 24.0 Å². The molecule has 1 amide bonds. The molecule has 1 aromatic rings. The van der Waals surface area contributed by atoms with Crippen LogP contribution in [-0.2, 0) is 4.74 Å². The van der Waals surface area contributed by atoms with Crippen molar-refractivity contribution in [2.75, 3.05) is 26.3 Å². The molecule has 1 spiro atoms. The zero-order valence-electron chi connectivity index (χ0n) is 9.24. The number of H-pyrrole nitrogens is 1. The van der Waals surface area contributed by atoms with Gasteiger partial charge in [-0.15, -0.1) is 0 Å². The summed E-state index contributed by atoms with van der Waals surface area (Å²) in [5, 5.41) is 0.